The highest BCUT2D eigenvalue weighted by Gasteiger charge is 2.30. The Morgan fingerprint density at radius 3 is 2.75 bits per heavy atom. The second-order valence-electron chi connectivity index (χ2n) is 5.77. The van der Waals surface area contributed by atoms with Gasteiger partial charge in [-0.3, -0.25) is 0 Å². The lowest BCUT2D eigenvalue weighted by Crippen LogP contribution is -2.24. The van der Waals surface area contributed by atoms with E-state index in [1.54, 1.807) is 11.3 Å². The molecule has 2 heterocycles. The molecular formula is C16H18ClNOS. The first-order valence-electron chi connectivity index (χ1n) is 6.73. The van der Waals surface area contributed by atoms with Crippen LogP contribution < -0.4 is 10.1 Å². The zero-order valence-corrected chi connectivity index (χ0v) is 13.4. The van der Waals surface area contributed by atoms with E-state index >= 15 is 0 Å². The van der Waals surface area contributed by atoms with Crippen molar-refractivity contribution in [3.63, 3.8) is 0 Å². The molecule has 106 valence electrons. The molecule has 0 radical (unpaired) electrons. The van der Waals surface area contributed by atoms with E-state index in [2.05, 4.69) is 43.4 Å². The molecule has 2 nitrogen and oxygen atoms in total. The Balaban J connectivity index is 1.95. The Hall–Kier alpha value is -1.03. The molecule has 0 amide bonds. The van der Waals surface area contributed by atoms with Crippen LogP contribution >= 0.6 is 22.9 Å². The van der Waals surface area contributed by atoms with Crippen molar-refractivity contribution in [2.45, 2.75) is 31.9 Å². The van der Waals surface area contributed by atoms with E-state index in [0.717, 1.165) is 16.5 Å². The van der Waals surface area contributed by atoms with Crippen LogP contribution in [0.15, 0.2) is 30.3 Å². The summed E-state index contributed by atoms with van der Waals surface area (Å²) in [5.41, 5.74) is 2.45. The Morgan fingerprint density at radius 2 is 2.10 bits per heavy atom. The summed E-state index contributed by atoms with van der Waals surface area (Å²) in [4.78, 5) is 1.23. The monoisotopic (exact) mass is 307 g/mol. The fourth-order valence-corrected chi connectivity index (χ4v) is 3.97. The van der Waals surface area contributed by atoms with Crippen LogP contribution in [0, 0.1) is 0 Å². The Kier molecular flexibility index (Phi) is 3.53. The summed E-state index contributed by atoms with van der Waals surface area (Å²) in [6, 6.07) is 10.7. The summed E-state index contributed by atoms with van der Waals surface area (Å²) in [6.45, 7) is 4.25. The third kappa shape index (κ3) is 2.58. The van der Waals surface area contributed by atoms with Gasteiger partial charge in [0.2, 0.25) is 0 Å². The number of rotatable bonds is 3. The van der Waals surface area contributed by atoms with Gasteiger partial charge in [-0.25, -0.2) is 0 Å². The van der Waals surface area contributed by atoms with E-state index in [-0.39, 0.29) is 11.6 Å². The largest absolute Gasteiger partial charge is 0.487 e. The average molecular weight is 308 g/mol. The minimum absolute atomic E-state index is 0.0949. The highest BCUT2D eigenvalue weighted by atomic mass is 35.5. The van der Waals surface area contributed by atoms with Gasteiger partial charge in [0.25, 0.3) is 0 Å². The number of nitrogens with one attached hydrogen (secondary N) is 1. The highest BCUT2D eigenvalue weighted by molar-refractivity contribution is 7.16. The number of hydrogen-bond acceptors (Lipinski definition) is 3. The van der Waals surface area contributed by atoms with Crippen molar-refractivity contribution in [2.24, 2.45) is 0 Å². The molecule has 1 N–H and O–H groups in total. The third-order valence-electron chi connectivity index (χ3n) is 3.59. The fourth-order valence-electron chi connectivity index (χ4n) is 2.77. The van der Waals surface area contributed by atoms with Crippen LogP contribution in [0.2, 0.25) is 4.34 Å². The molecule has 20 heavy (non-hydrogen) atoms. The molecule has 0 bridgehead atoms. The zero-order chi connectivity index (χ0) is 14.3. The van der Waals surface area contributed by atoms with Crippen LogP contribution in [0.25, 0.3) is 0 Å². The van der Waals surface area contributed by atoms with Gasteiger partial charge in [0, 0.05) is 11.3 Å². The average Bonchev–Trinajstić information content (AvgIpc) is 2.91. The Labute approximate surface area is 128 Å². The van der Waals surface area contributed by atoms with Crippen LogP contribution in [-0.4, -0.2) is 12.6 Å². The van der Waals surface area contributed by atoms with E-state index in [4.69, 9.17) is 16.3 Å². The summed E-state index contributed by atoms with van der Waals surface area (Å²) in [5, 5.41) is 3.37. The molecule has 0 saturated carbocycles. The number of hydrogen-bond donors (Lipinski definition) is 1. The number of thiophene rings is 1. The molecule has 0 spiro atoms. The first-order chi connectivity index (χ1) is 9.48. The minimum atomic E-state index is -0.0949. The van der Waals surface area contributed by atoms with Crippen molar-refractivity contribution in [2.75, 3.05) is 7.05 Å². The maximum Gasteiger partial charge on any atom is 0.123 e. The van der Waals surface area contributed by atoms with Crippen LogP contribution in [0.1, 0.15) is 35.9 Å². The van der Waals surface area contributed by atoms with Gasteiger partial charge < -0.3 is 10.1 Å². The van der Waals surface area contributed by atoms with Gasteiger partial charge in [-0.1, -0.05) is 23.7 Å². The quantitative estimate of drug-likeness (QED) is 0.906. The molecule has 4 heteroatoms. The van der Waals surface area contributed by atoms with Gasteiger partial charge in [-0.2, -0.15) is 0 Å². The SMILES string of the molecule is CNC(c1ccc2c(c1)CC(C)(C)O2)c1ccc(Cl)s1. The maximum atomic E-state index is 6.05. The van der Waals surface area contributed by atoms with Gasteiger partial charge in [-0.05, 0) is 50.2 Å². The predicted octanol–water partition coefficient (Wildman–Crippen LogP) is 4.42. The lowest BCUT2D eigenvalue weighted by atomic mass is 9.97. The molecule has 1 aliphatic rings. The fraction of sp³-hybridized carbons (Fsp3) is 0.375. The van der Waals surface area contributed by atoms with Gasteiger partial charge in [-0.15, -0.1) is 11.3 Å². The molecule has 1 aliphatic heterocycles. The van der Waals surface area contributed by atoms with Gasteiger partial charge in [0.15, 0.2) is 0 Å². The summed E-state index contributed by atoms with van der Waals surface area (Å²) in [7, 11) is 1.98. The van der Waals surface area contributed by atoms with E-state index in [1.807, 2.05) is 13.1 Å². The lowest BCUT2D eigenvalue weighted by Gasteiger charge is -2.16. The molecule has 1 aromatic carbocycles. The topological polar surface area (TPSA) is 21.3 Å². The van der Waals surface area contributed by atoms with E-state index in [1.165, 1.54) is 16.0 Å². The minimum Gasteiger partial charge on any atom is -0.487 e. The van der Waals surface area contributed by atoms with Gasteiger partial charge >= 0.3 is 0 Å². The summed E-state index contributed by atoms with van der Waals surface area (Å²) in [5.74, 6) is 1.01. The first-order valence-corrected chi connectivity index (χ1v) is 7.92. The highest BCUT2D eigenvalue weighted by Crippen LogP contribution is 2.38. The molecule has 0 fully saturated rings. The van der Waals surface area contributed by atoms with Crippen molar-refractivity contribution in [1.82, 2.24) is 5.32 Å². The second-order valence-corrected chi connectivity index (χ2v) is 7.52. The molecule has 3 rings (SSSR count). The number of benzene rings is 1. The molecule has 2 aromatic rings. The Bertz CT molecular complexity index is 635. The summed E-state index contributed by atoms with van der Waals surface area (Å²) < 4.78 is 6.76. The summed E-state index contributed by atoms with van der Waals surface area (Å²) >= 11 is 7.67. The third-order valence-corrected chi connectivity index (χ3v) is 4.88. The summed E-state index contributed by atoms with van der Waals surface area (Å²) in [6.07, 6.45) is 0.956. The van der Waals surface area contributed by atoms with Crippen molar-refractivity contribution in [3.8, 4) is 5.75 Å². The second kappa shape index (κ2) is 5.06. The first kappa shape index (κ1) is 13.9. The van der Waals surface area contributed by atoms with E-state index < -0.39 is 0 Å². The molecule has 1 aromatic heterocycles. The number of ether oxygens (including phenoxy) is 1. The van der Waals surface area contributed by atoms with Crippen molar-refractivity contribution in [3.05, 3.63) is 50.7 Å². The van der Waals surface area contributed by atoms with Crippen LogP contribution in [0.5, 0.6) is 5.75 Å². The zero-order valence-electron chi connectivity index (χ0n) is 11.9. The number of fused-ring (bicyclic) bond motifs is 1. The normalized spacial score (nSPS) is 17.6. The molecule has 0 aliphatic carbocycles. The smallest absolute Gasteiger partial charge is 0.123 e. The Morgan fingerprint density at radius 1 is 1.30 bits per heavy atom. The van der Waals surface area contributed by atoms with Gasteiger partial charge in [0.1, 0.15) is 11.4 Å². The van der Waals surface area contributed by atoms with Crippen LogP contribution in [-0.2, 0) is 6.42 Å². The molecule has 1 atom stereocenters. The van der Waals surface area contributed by atoms with Crippen molar-refractivity contribution >= 4 is 22.9 Å². The maximum absolute atomic E-state index is 6.05. The van der Waals surface area contributed by atoms with Crippen molar-refractivity contribution in [1.29, 1.82) is 0 Å². The van der Waals surface area contributed by atoms with Gasteiger partial charge in [0.05, 0.1) is 10.4 Å². The lowest BCUT2D eigenvalue weighted by molar-refractivity contribution is 0.138. The molecule has 1 unspecified atom stereocenters. The molecular weight excluding hydrogens is 290 g/mol. The van der Waals surface area contributed by atoms with Crippen LogP contribution in [0.3, 0.4) is 0 Å². The standard InChI is InChI=1S/C16H18ClNOS/c1-16(2)9-11-8-10(4-5-12(11)19-16)15(18-3)13-6-7-14(17)20-13/h4-8,15,18H,9H2,1-3H3. The van der Waals surface area contributed by atoms with E-state index in [0.29, 0.717) is 0 Å². The van der Waals surface area contributed by atoms with Crippen LogP contribution in [0.4, 0.5) is 0 Å². The predicted molar refractivity (Wildman–Crippen MR) is 85.1 cm³/mol. The van der Waals surface area contributed by atoms with E-state index in [9.17, 15) is 0 Å². The number of halogens is 1. The van der Waals surface area contributed by atoms with Crippen molar-refractivity contribution < 1.29 is 4.74 Å². The molecule has 0 saturated heterocycles.